The van der Waals surface area contributed by atoms with E-state index in [1.807, 2.05) is 0 Å². The van der Waals surface area contributed by atoms with Gasteiger partial charge < -0.3 is 9.13 Å². The minimum absolute atomic E-state index is 1.19. The number of aromatic nitrogens is 2. The van der Waals surface area contributed by atoms with Crippen molar-refractivity contribution in [2.45, 2.75) is 0 Å². The maximum atomic E-state index is 2.49. The van der Waals surface area contributed by atoms with Crippen LogP contribution in [0.25, 0.3) is 110 Å². The molecule has 2 nitrogen and oxygen atoms in total. The van der Waals surface area contributed by atoms with Crippen molar-refractivity contribution in [2.24, 2.45) is 0 Å². The molecule has 11 aromatic rings. The SMILES string of the molecule is c1ccc(-c2cc3ccccc3cc2-n2c3ccccc3c3cc(-c4ccc5c(c4)c4cccc6c4n5-c4ccccc4-c4ccccc4-6)ccc32)cc1. The number of nitrogens with zero attached hydrogens (tertiary/aromatic N) is 2. The van der Waals surface area contributed by atoms with Crippen molar-refractivity contribution in [3.8, 4) is 55.9 Å². The zero-order valence-electron chi connectivity index (χ0n) is 29.4. The van der Waals surface area contributed by atoms with E-state index in [-0.39, 0.29) is 0 Å². The second-order valence-corrected chi connectivity index (χ2v) is 14.5. The molecule has 0 fully saturated rings. The molecule has 9 aromatic carbocycles. The highest BCUT2D eigenvalue weighted by molar-refractivity contribution is 6.17. The maximum Gasteiger partial charge on any atom is 0.0619 e. The quantitative estimate of drug-likeness (QED) is 0.175. The smallest absolute Gasteiger partial charge is 0.0619 e. The fourth-order valence-corrected chi connectivity index (χ4v) is 9.24. The minimum Gasteiger partial charge on any atom is -0.309 e. The van der Waals surface area contributed by atoms with Crippen molar-refractivity contribution in [3.63, 3.8) is 0 Å². The Labute approximate surface area is 312 Å². The summed E-state index contributed by atoms with van der Waals surface area (Å²) in [5, 5.41) is 7.52. The molecular weight excluding hydrogens is 653 g/mol. The molecule has 1 aliphatic heterocycles. The van der Waals surface area contributed by atoms with Crippen molar-refractivity contribution in [1.29, 1.82) is 0 Å². The van der Waals surface area contributed by atoms with E-state index < -0.39 is 0 Å². The third kappa shape index (κ3) is 4.11. The Morgan fingerprint density at radius 3 is 1.61 bits per heavy atom. The molecule has 0 spiro atoms. The van der Waals surface area contributed by atoms with Gasteiger partial charge in [0.25, 0.3) is 0 Å². The minimum atomic E-state index is 1.19. The Kier molecular flexibility index (Phi) is 6.09. The molecule has 0 unspecified atom stereocenters. The van der Waals surface area contributed by atoms with Gasteiger partial charge >= 0.3 is 0 Å². The summed E-state index contributed by atoms with van der Waals surface area (Å²) in [6.07, 6.45) is 0. The van der Waals surface area contributed by atoms with Crippen molar-refractivity contribution in [3.05, 3.63) is 194 Å². The zero-order valence-corrected chi connectivity index (χ0v) is 29.4. The van der Waals surface area contributed by atoms with Gasteiger partial charge in [0.15, 0.2) is 0 Å². The number of fused-ring (bicyclic) bond motifs is 12. The van der Waals surface area contributed by atoms with E-state index in [1.54, 1.807) is 0 Å². The largest absolute Gasteiger partial charge is 0.309 e. The lowest BCUT2D eigenvalue weighted by Gasteiger charge is -2.16. The highest BCUT2D eigenvalue weighted by Gasteiger charge is 2.24. The monoisotopic (exact) mass is 684 g/mol. The van der Waals surface area contributed by atoms with Gasteiger partial charge in [-0.15, -0.1) is 0 Å². The third-order valence-electron chi connectivity index (χ3n) is 11.6. The molecule has 0 bridgehead atoms. The highest BCUT2D eigenvalue weighted by Crippen LogP contribution is 2.47. The van der Waals surface area contributed by atoms with Gasteiger partial charge in [0, 0.05) is 38.2 Å². The second-order valence-electron chi connectivity index (χ2n) is 14.5. The predicted molar refractivity (Wildman–Crippen MR) is 228 cm³/mol. The summed E-state index contributed by atoms with van der Waals surface area (Å²) in [5.74, 6) is 0. The molecule has 1 aliphatic rings. The van der Waals surface area contributed by atoms with Crippen LogP contribution in [0.1, 0.15) is 0 Å². The molecule has 3 heterocycles. The van der Waals surface area contributed by atoms with Crippen molar-refractivity contribution >= 4 is 54.4 Å². The van der Waals surface area contributed by atoms with E-state index in [4.69, 9.17) is 0 Å². The predicted octanol–water partition coefficient (Wildman–Crippen LogP) is 14.0. The molecule has 0 aliphatic carbocycles. The maximum absolute atomic E-state index is 2.49. The first-order chi connectivity index (χ1) is 26.8. The molecule has 0 radical (unpaired) electrons. The van der Waals surface area contributed by atoms with Gasteiger partial charge in [-0.25, -0.2) is 0 Å². The van der Waals surface area contributed by atoms with Gasteiger partial charge in [-0.05, 0) is 87.1 Å². The van der Waals surface area contributed by atoms with Gasteiger partial charge in [-0.1, -0.05) is 146 Å². The van der Waals surface area contributed by atoms with E-state index in [2.05, 4.69) is 203 Å². The Bertz CT molecular complexity index is 3320. The normalized spacial score (nSPS) is 12.1. The van der Waals surface area contributed by atoms with Gasteiger partial charge in [-0.3, -0.25) is 0 Å². The first-order valence-electron chi connectivity index (χ1n) is 18.7. The van der Waals surface area contributed by atoms with Gasteiger partial charge in [0.05, 0.1) is 33.4 Å². The summed E-state index contributed by atoms with van der Waals surface area (Å²) in [6, 6.07) is 71.6. The average molecular weight is 685 g/mol. The second kappa shape index (κ2) is 11.2. The van der Waals surface area contributed by atoms with E-state index in [1.165, 1.54) is 110 Å². The van der Waals surface area contributed by atoms with Gasteiger partial charge in [-0.2, -0.15) is 0 Å². The van der Waals surface area contributed by atoms with Crippen LogP contribution in [0.15, 0.2) is 194 Å². The number of benzene rings is 9. The van der Waals surface area contributed by atoms with Crippen LogP contribution in [0.4, 0.5) is 0 Å². The van der Waals surface area contributed by atoms with E-state index >= 15 is 0 Å². The van der Waals surface area contributed by atoms with Crippen LogP contribution in [0.2, 0.25) is 0 Å². The molecule has 2 heteroatoms. The number of para-hydroxylation sites is 3. The molecule has 0 N–H and O–H groups in total. The molecule has 2 aromatic heterocycles. The molecule has 0 saturated heterocycles. The lowest BCUT2D eigenvalue weighted by Crippen LogP contribution is -1.98. The Morgan fingerprint density at radius 1 is 0.259 bits per heavy atom. The third-order valence-corrected chi connectivity index (χ3v) is 11.6. The van der Waals surface area contributed by atoms with Crippen LogP contribution in [0.5, 0.6) is 0 Å². The summed E-state index contributed by atoms with van der Waals surface area (Å²) in [7, 11) is 0. The van der Waals surface area contributed by atoms with Crippen molar-refractivity contribution in [1.82, 2.24) is 9.13 Å². The Hall–Kier alpha value is -7.16. The summed E-state index contributed by atoms with van der Waals surface area (Å²) in [5.41, 5.74) is 17.3. The number of rotatable bonds is 3. The first kappa shape index (κ1) is 29.4. The molecular formula is C52H32N2. The standard InChI is InChI=1S/C52H32N2/c1-2-13-33(14-3-1)44-29-34-15-4-5-16-35(34)32-51(44)53-47-23-10-9-20-41(47)45-30-36(25-27-49(45)53)37-26-28-50-46(31-37)43-22-12-21-42-39-18-7-6-17-38(39)40-19-8-11-24-48(40)54(50)52(42)43/h1-32H. The Morgan fingerprint density at radius 2 is 0.815 bits per heavy atom. The van der Waals surface area contributed by atoms with Crippen molar-refractivity contribution < 1.29 is 0 Å². The summed E-state index contributed by atoms with van der Waals surface area (Å²) < 4.78 is 4.96. The van der Waals surface area contributed by atoms with Crippen LogP contribution < -0.4 is 0 Å². The summed E-state index contributed by atoms with van der Waals surface area (Å²) in [4.78, 5) is 0. The lowest BCUT2D eigenvalue weighted by molar-refractivity contribution is 1.19. The number of hydrogen-bond donors (Lipinski definition) is 0. The molecule has 54 heavy (non-hydrogen) atoms. The van der Waals surface area contributed by atoms with E-state index in [0.29, 0.717) is 0 Å². The first-order valence-corrected chi connectivity index (χ1v) is 18.7. The van der Waals surface area contributed by atoms with Crippen molar-refractivity contribution in [2.75, 3.05) is 0 Å². The lowest BCUT2D eigenvalue weighted by atomic mass is 9.93. The molecule has 250 valence electrons. The molecule has 0 atom stereocenters. The van der Waals surface area contributed by atoms with Crippen LogP contribution >= 0.6 is 0 Å². The summed E-state index contributed by atoms with van der Waals surface area (Å²) >= 11 is 0. The molecule has 0 saturated carbocycles. The topological polar surface area (TPSA) is 9.86 Å². The fraction of sp³-hybridized carbons (Fsp3) is 0. The highest BCUT2D eigenvalue weighted by atomic mass is 15.0. The van der Waals surface area contributed by atoms with E-state index in [0.717, 1.165) is 0 Å². The van der Waals surface area contributed by atoms with Crippen LogP contribution in [0, 0.1) is 0 Å². The van der Waals surface area contributed by atoms with E-state index in [9.17, 15) is 0 Å². The van der Waals surface area contributed by atoms with Gasteiger partial charge in [0.2, 0.25) is 0 Å². The van der Waals surface area contributed by atoms with Crippen LogP contribution in [-0.4, -0.2) is 9.13 Å². The molecule has 12 rings (SSSR count). The van der Waals surface area contributed by atoms with Crippen LogP contribution in [0.3, 0.4) is 0 Å². The zero-order chi connectivity index (χ0) is 35.3. The number of hydrogen-bond acceptors (Lipinski definition) is 0. The molecule has 0 amide bonds. The Balaban J connectivity index is 1.09. The summed E-state index contributed by atoms with van der Waals surface area (Å²) in [6.45, 7) is 0. The fourth-order valence-electron chi connectivity index (χ4n) is 9.24. The average Bonchev–Trinajstić information content (AvgIpc) is 3.71. The van der Waals surface area contributed by atoms with Gasteiger partial charge in [0.1, 0.15) is 0 Å². The van der Waals surface area contributed by atoms with Crippen LogP contribution in [-0.2, 0) is 0 Å².